The van der Waals surface area contributed by atoms with Gasteiger partial charge in [0.25, 0.3) is 0 Å². The number of halogens is 2. The van der Waals surface area contributed by atoms with E-state index in [1.807, 2.05) is 48.5 Å². The summed E-state index contributed by atoms with van der Waals surface area (Å²) >= 11 is 10.3. The van der Waals surface area contributed by atoms with Crippen LogP contribution in [-0.4, -0.2) is 9.72 Å². The Kier molecular flexibility index (Phi) is 6.80. The Hall–Kier alpha value is -2.52. The molecule has 1 heterocycles. The van der Waals surface area contributed by atoms with Crippen LogP contribution >= 0.6 is 34.8 Å². The molecular weight excluding hydrogens is 551 g/mol. The van der Waals surface area contributed by atoms with Gasteiger partial charge in [-0.05, 0) is 61.5 Å². The van der Waals surface area contributed by atoms with Gasteiger partial charge in [-0.3, -0.25) is 0 Å². The smallest absolute Gasteiger partial charge is 0.173 e. The summed E-state index contributed by atoms with van der Waals surface area (Å²) in [7, 11) is -2.69. The van der Waals surface area contributed by atoms with Crippen molar-refractivity contribution in [1.82, 2.24) is 4.57 Å². The summed E-state index contributed by atoms with van der Waals surface area (Å²) in [5.74, 6) is 0.777. The summed E-state index contributed by atoms with van der Waals surface area (Å²) in [6.45, 7) is 9.71. The van der Waals surface area contributed by atoms with E-state index in [-0.39, 0.29) is 5.16 Å². The number of hydrogen-bond donors (Lipinski definition) is 0. The van der Waals surface area contributed by atoms with Gasteiger partial charge in [0, 0.05) is 43.3 Å². The normalized spacial score (nSPS) is 13.6. The standard InChI is InChI=1S/C30H29BrClN2OP/c1-5-34-28-16-9-6-13-24(28)25-20-23(17-18-29(25)34)36(30(2,3)4,33-27-15-8-7-14-26(27)32)35-22-12-10-11-21(31)19-22/h6-20H,5H2,1-4H3. The first kappa shape index (κ1) is 25.1. The molecule has 0 amide bonds. The highest BCUT2D eigenvalue weighted by molar-refractivity contribution is 9.10. The van der Waals surface area contributed by atoms with Gasteiger partial charge in [0.1, 0.15) is 5.75 Å². The SMILES string of the molecule is CCn1c2ccccc2c2cc(P(=Nc3ccccc3Cl)(Oc3cccc(Br)c3)C(C)(C)C)ccc21. The van der Waals surface area contributed by atoms with Gasteiger partial charge in [0.2, 0.25) is 0 Å². The van der Waals surface area contributed by atoms with Crippen molar-refractivity contribution in [2.24, 2.45) is 4.74 Å². The molecule has 0 aliphatic carbocycles. The minimum absolute atomic E-state index is 0.314. The second-order valence-corrected chi connectivity index (χ2v) is 14.5. The Morgan fingerprint density at radius 1 is 0.861 bits per heavy atom. The zero-order valence-electron chi connectivity index (χ0n) is 20.9. The van der Waals surface area contributed by atoms with Crippen molar-refractivity contribution >= 4 is 67.6 Å². The third-order valence-electron chi connectivity index (χ3n) is 6.47. The van der Waals surface area contributed by atoms with Crippen LogP contribution in [0.2, 0.25) is 5.02 Å². The second-order valence-electron chi connectivity index (χ2n) is 9.81. The molecule has 0 saturated heterocycles. The van der Waals surface area contributed by atoms with Crippen LogP contribution in [0.15, 0.2) is 100 Å². The molecule has 1 unspecified atom stereocenters. The quantitative estimate of drug-likeness (QED) is 0.190. The van der Waals surface area contributed by atoms with E-state index < -0.39 is 7.28 Å². The lowest BCUT2D eigenvalue weighted by Crippen LogP contribution is -2.27. The molecular formula is C30H29BrClN2OP. The van der Waals surface area contributed by atoms with Gasteiger partial charge < -0.3 is 9.09 Å². The van der Waals surface area contributed by atoms with Crippen LogP contribution in [0.5, 0.6) is 5.75 Å². The van der Waals surface area contributed by atoms with E-state index in [1.54, 1.807) is 0 Å². The fraction of sp³-hybridized carbons (Fsp3) is 0.200. The van der Waals surface area contributed by atoms with Gasteiger partial charge in [0.15, 0.2) is 7.28 Å². The maximum absolute atomic E-state index is 7.04. The van der Waals surface area contributed by atoms with Crippen LogP contribution < -0.4 is 9.83 Å². The van der Waals surface area contributed by atoms with E-state index in [2.05, 4.69) is 90.7 Å². The molecule has 0 radical (unpaired) electrons. The monoisotopic (exact) mass is 578 g/mol. The zero-order chi connectivity index (χ0) is 25.5. The van der Waals surface area contributed by atoms with Crippen LogP contribution in [0.3, 0.4) is 0 Å². The largest absolute Gasteiger partial charge is 0.455 e. The Morgan fingerprint density at radius 3 is 2.31 bits per heavy atom. The molecule has 0 saturated carbocycles. The molecule has 0 N–H and O–H groups in total. The van der Waals surface area contributed by atoms with E-state index in [0.29, 0.717) is 5.02 Å². The summed E-state index contributed by atoms with van der Waals surface area (Å²) in [5.41, 5.74) is 3.20. The first-order valence-corrected chi connectivity index (χ1v) is 14.9. The lowest BCUT2D eigenvalue weighted by Gasteiger charge is -2.37. The molecule has 36 heavy (non-hydrogen) atoms. The van der Waals surface area contributed by atoms with Crippen molar-refractivity contribution in [3.63, 3.8) is 0 Å². The first-order chi connectivity index (χ1) is 17.2. The third-order valence-corrected chi connectivity index (χ3v) is 11.0. The van der Waals surface area contributed by atoms with Gasteiger partial charge in [0.05, 0.1) is 10.7 Å². The molecule has 6 heteroatoms. The summed E-state index contributed by atoms with van der Waals surface area (Å²) in [4.78, 5) is 0. The van der Waals surface area contributed by atoms with Crippen LogP contribution in [-0.2, 0) is 6.54 Å². The minimum atomic E-state index is -2.69. The topological polar surface area (TPSA) is 26.5 Å². The van der Waals surface area contributed by atoms with Gasteiger partial charge >= 0.3 is 0 Å². The highest BCUT2D eigenvalue weighted by atomic mass is 79.9. The van der Waals surface area contributed by atoms with E-state index in [9.17, 15) is 0 Å². The van der Waals surface area contributed by atoms with Gasteiger partial charge in [-0.2, -0.15) is 0 Å². The lowest BCUT2D eigenvalue weighted by atomic mass is 10.1. The van der Waals surface area contributed by atoms with Crippen molar-refractivity contribution < 1.29 is 4.52 Å². The van der Waals surface area contributed by atoms with Crippen LogP contribution in [0.1, 0.15) is 27.7 Å². The maximum atomic E-state index is 7.04. The van der Waals surface area contributed by atoms with Crippen molar-refractivity contribution in [3.05, 3.63) is 100 Å². The van der Waals surface area contributed by atoms with Gasteiger partial charge in [-0.25, -0.2) is 4.74 Å². The average Bonchev–Trinajstić information content (AvgIpc) is 3.17. The predicted molar refractivity (Wildman–Crippen MR) is 160 cm³/mol. The lowest BCUT2D eigenvalue weighted by molar-refractivity contribution is 0.571. The molecule has 3 nitrogen and oxygen atoms in total. The number of nitrogens with zero attached hydrogens (tertiary/aromatic N) is 2. The Bertz CT molecular complexity index is 1630. The number of rotatable bonds is 5. The Balaban J connectivity index is 1.87. The second kappa shape index (κ2) is 9.74. The fourth-order valence-electron chi connectivity index (χ4n) is 4.74. The first-order valence-electron chi connectivity index (χ1n) is 12.1. The van der Waals surface area contributed by atoms with E-state index in [4.69, 9.17) is 20.9 Å². The summed E-state index contributed by atoms with van der Waals surface area (Å²) in [5, 5.41) is 3.84. The predicted octanol–water partition coefficient (Wildman–Crippen LogP) is 10.2. The van der Waals surface area contributed by atoms with E-state index >= 15 is 0 Å². The Labute approximate surface area is 226 Å². The number of fused-ring (bicyclic) bond motifs is 3. The van der Waals surface area contributed by atoms with Crippen molar-refractivity contribution in [2.75, 3.05) is 0 Å². The molecule has 0 spiro atoms. The summed E-state index contributed by atoms with van der Waals surface area (Å²) < 4.78 is 15.8. The van der Waals surface area contributed by atoms with Gasteiger partial charge in [-0.1, -0.05) is 84.7 Å². The van der Waals surface area contributed by atoms with E-state index in [1.165, 1.54) is 21.8 Å². The molecule has 0 aliphatic heterocycles. The molecule has 0 bridgehead atoms. The van der Waals surface area contributed by atoms with Gasteiger partial charge in [-0.15, -0.1) is 0 Å². The van der Waals surface area contributed by atoms with Crippen LogP contribution in [0.25, 0.3) is 21.8 Å². The molecule has 184 valence electrons. The zero-order valence-corrected chi connectivity index (χ0v) is 24.1. The molecule has 5 aromatic rings. The molecule has 0 fully saturated rings. The van der Waals surface area contributed by atoms with Crippen molar-refractivity contribution in [3.8, 4) is 5.75 Å². The number of benzene rings is 4. The highest BCUT2D eigenvalue weighted by Gasteiger charge is 2.39. The average molecular weight is 580 g/mol. The van der Waals surface area contributed by atoms with Crippen LogP contribution in [0, 0.1) is 0 Å². The summed E-state index contributed by atoms with van der Waals surface area (Å²) in [6.07, 6.45) is 0. The summed E-state index contributed by atoms with van der Waals surface area (Å²) in [6, 6.07) is 31.1. The van der Waals surface area contributed by atoms with E-state index in [0.717, 1.165) is 27.8 Å². The minimum Gasteiger partial charge on any atom is -0.455 e. The Morgan fingerprint density at radius 2 is 1.58 bits per heavy atom. The van der Waals surface area contributed by atoms with Crippen molar-refractivity contribution in [2.45, 2.75) is 39.4 Å². The molecule has 1 atom stereocenters. The van der Waals surface area contributed by atoms with Crippen LogP contribution in [0.4, 0.5) is 5.69 Å². The maximum Gasteiger partial charge on any atom is 0.173 e. The van der Waals surface area contributed by atoms with Crippen molar-refractivity contribution in [1.29, 1.82) is 0 Å². The molecule has 1 aromatic heterocycles. The molecule has 4 aromatic carbocycles. The molecule has 5 rings (SSSR count). The number of aromatic nitrogens is 1. The number of aryl methyl sites for hydroxylation is 1. The highest BCUT2D eigenvalue weighted by Crippen LogP contribution is 2.62. The third kappa shape index (κ3) is 4.41. The molecule has 0 aliphatic rings. The fourth-order valence-corrected chi connectivity index (χ4v) is 8.44. The number of hydrogen-bond acceptors (Lipinski definition) is 2. The number of para-hydroxylation sites is 1.